The van der Waals surface area contributed by atoms with Gasteiger partial charge in [0.25, 0.3) is 5.91 Å². The summed E-state index contributed by atoms with van der Waals surface area (Å²) in [5, 5.41) is 5.05. The zero-order valence-electron chi connectivity index (χ0n) is 14.2. The van der Waals surface area contributed by atoms with Crippen LogP contribution in [0, 0.1) is 18.6 Å². The van der Waals surface area contributed by atoms with Crippen molar-refractivity contribution in [2.75, 3.05) is 19.4 Å². The molecule has 0 bridgehead atoms. The lowest BCUT2D eigenvalue weighted by molar-refractivity contribution is 0.0827. The third-order valence-corrected chi connectivity index (χ3v) is 3.57. The number of halogens is 2. The minimum Gasteiger partial charge on any atom is -0.345 e. The first-order chi connectivity index (χ1) is 11.8. The highest BCUT2D eigenvalue weighted by Gasteiger charge is 2.12. The van der Waals surface area contributed by atoms with Gasteiger partial charge < -0.3 is 15.5 Å². The van der Waals surface area contributed by atoms with Gasteiger partial charge in [0.05, 0.1) is 0 Å². The molecule has 0 fully saturated rings. The summed E-state index contributed by atoms with van der Waals surface area (Å²) < 4.78 is 26.6. The Labute approximate surface area is 144 Å². The highest BCUT2D eigenvalue weighted by Crippen LogP contribution is 2.16. The summed E-state index contributed by atoms with van der Waals surface area (Å²) in [7, 11) is 3.32. The van der Waals surface area contributed by atoms with Gasteiger partial charge in [0.15, 0.2) is 0 Å². The van der Waals surface area contributed by atoms with E-state index in [0.717, 1.165) is 18.2 Å². The third kappa shape index (κ3) is 4.76. The zero-order chi connectivity index (χ0) is 18.6. The van der Waals surface area contributed by atoms with E-state index in [2.05, 4.69) is 10.6 Å². The molecule has 0 radical (unpaired) electrons. The van der Waals surface area contributed by atoms with Gasteiger partial charge in [-0.1, -0.05) is 0 Å². The van der Waals surface area contributed by atoms with Gasteiger partial charge in [-0.05, 0) is 48.9 Å². The van der Waals surface area contributed by atoms with Crippen LogP contribution in [-0.4, -0.2) is 30.9 Å². The second-order valence-electron chi connectivity index (χ2n) is 5.77. The van der Waals surface area contributed by atoms with Crippen molar-refractivity contribution in [3.05, 3.63) is 64.7 Å². The zero-order valence-corrected chi connectivity index (χ0v) is 14.2. The lowest BCUT2D eigenvalue weighted by Crippen LogP contribution is -2.28. The van der Waals surface area contributed by atoms with Crippen molar-refractivity contribution in [1.82, 2.24) is 10.2 Å². The van der Waals surface area contributed by atoms with E-state index in [9.17, 15) is 18.4 Å². The second kappa shape index (κ2) is 7.74. The average molecular weight is 347 g/mol. The first-order valence-electron chi connectivity index (χ1n) is 7.59. The summed E-state index contributed by atoms with van der Waals surface area (Å²) >= 11 is 0. The summed E-state index contributed by atoms with van der Waals surface area (Å²) in [6.45, 7) is 1.62. The van der Waals surface area contributed by atoms with E-state index in [-0.39, 0.29) is 18.0 Å². The molecule has 2 rings (SSSR count). The molecule has 0 aromatic heterocycles. The molecule has 3 amide bonds. The molecule has 0 saturated carbocycles. The molecular formula is C18H19F2N3O2. The van der Waals surface area contributed by atoms with Gasteiger partial charge in [-0.2, -0.15) is 0 Å². The molecule has 0 aliphatic rings. The Morgan fingerprint density at radius 3 is 2.44 bits per heavy atom. The Morgan fingerprint density at radius 1 is 1.08 bits per heavy atom. The summed E-state index contributed by atoms with van der Waals surface area (Å²) in [4.78, 5) is 25.4. The minimum absolute atomic E-state index is 0.0539. The van der Waals surface area contributed by atoms with Crippen molar-refractivity contribution < 1.29 is 18.4 Å². The molecule has 0 aliphatic heterocycles. The van der Waals surface area contributed by atoms with Crippen molar-refractivity contribution in [3.63, 3.8) is 0 Å². The monoisotopic (exact) mass is 347 g/mol. The van der Waals surface area contributed by atoms with Crippen molar-refractivity contribution in [3.8, 4) is 0 Å². The van der Waals surface area contributed by atoms with E-state index in [1.54, 1.807) is 39.2 Å². The van der Waals surface area contributed by atoms with Crippen molar-refractivity contribution in [2.24, 2.45) is 0 Å². The lowest BCUT2D eigenvalue weighted by Gasteiger charge is -2.14. The molecule has 0 heterocycles. The van der Waals surface area contributed by atoms with Gasteiger partial charge in [-0.15, -0.1) is 0 Å². The Bertz CT molecular complexity index is 807. The highest BCUT2D eigenvalue weighted by molar-refractivity contribution is 5.96. The third-order valence-electron chi connectivity index (χ3n) is 3.57. The average Bonchev–Trinajstić information content (AvgIpc) is 2.55. The molecule has 2 aromatic carbocycles. The number of carbonyl (C=O) groups is 2. The first kappa shape index (κ1) is 18.4. The number of benzene rings is 2. The lowest BCUT2D eigenvalue weighted by atomic mass is 10.1. The van der Waals surface area contributed by atoms with Gasteiger partial charge in [0.1, 0.15) is 11.6 Å². The minimum atomic E-state index is -0.593. The van der Waals surface area contributed by atoms with Crippen LogP contribution < -0.4 is 10.6 Å². The van der Waals surface area contributed by atoms with Crippen molar-refractivity contribution in [1.29, 1.82) is 0 Å². The molecule has 0 unspecified atom stereocenters. The number of nitrogens with one attached hydrogen (secondary N) is 2. The largest absolute Gasteiger partial charge is 0.345 e. The fraction of sp³-hybridized carbons (Fsp3) is 0.222. The maximum atomic E-state index is 13.5. The fourth-order valence-corrected chi connectivity index (χ4v) is 2.25. The van der Waals surface area contributed by atoms with Gasteiger partial charge in [-0.25, -0.2) is 13.6 Å². The molecule has 0 spiro atoms. The van der Waals surface area contributed by atoms with E-state index in [0.29, 0.717) is 16.8 Å². The predicted molar refractivity (Wildman–Crippen MR) is 91.4 cm³/mol. The second-order valence-corrected chi connectivity index (χ2v) is 5.77. The van der Waals surface area contributed by atoms with E-state index in [1.165, 1.54) is 4.90 Å². The van der Waals surface area contributed by atoms with E-state index in [1.807, 2.05) is 0 Å². The molecule has 2 aromatic rings. The number of hydrogen-bond donors (Lipinski definition) is 2. The Balaban J connectivity index is 2.00. The topological polar surface area (TPSA) is 61.4 Å². The maximum absolute atomic E-state index is 13.5. The SMILES string of the molecule is Cc1cc(NC(=O)NCc2cc(F)ccc2F)ccc1C(=O)N(C)C. The van der Waals surface area contributed by atoms with Crippen LogP contribution in [0.1, 0.15) is 21.5 Å². The fourth-order valence-electron chi connectivity index (χ4n) is 2.25. The van der Waals surface area contributed by atoms with Crippen LogP contribution in [0.4, 0.5) is 19.3 Å². The number of rotatable bonds is 4. The number of carbonyl (C=O) groups excluding carboxylic acids is 2. The van der Waals surface area contributed by atoms with Crippen molar-refractivity contribution >= 4 is 17.6 Å². The molecule has 5 nitrogen and oxygen atoms in total. The van der Waals surface area contributed by atoms with Crippen LogP contribution in [0.2, 0.25) is 0 Å². The summed E-state index contributed by atoms with van der Waals surface area (Å²) in [5.41, 5.74) is 1.80. The smallest absolute Gasteiger partial charge is 0.319 e. The number of amides is 3. The summed E-state index contributed by atoms with van der Waals surface area (Å²) in [6.07, 6.45) is 0. The van der Waals surface area contributed by atoms with Crippen LogP contribution in [0.3, 0.4) is 0 Å². The van der Waals surface area contributed by atoms with Crippen LogP contribution in [0.5, 0.6) is 0 Å². The van der Waals surface area contributed by atoms with E-state index >= 15 is 0 Å². The quantitative estimate of drug-likeness (QED) is 0.891. The Morgan fingerprint density at radius 2 is 1.80 bits per heavy atom. The number of hydrogen-bond acceptors (Lipinski definition) is 2. The number of nitrogens with zero attached hydrogens (tertiary/aromatic N) is 1. The molecule has 25 heavy (non-hydrogen) atoms. The van der Waals surface area contributed by atoms with Gasteiger partial charge >= 0.3 is 6.03 Å². The molecule has 132 valence electrons. The number of anilines is 1. The van der Waals surface area contributed by atoms with Crippen LogP contribution in [-0.2, 0) is 6.54 Å². The Kier molecular flexibility index (Phi) is 5.69. The van der Waals surface area contributed by atoms with Crippen LogP contribution in [0.15, 0.2) is 36.4 Å². The highest BCUT2D eigenvalue weighted by atomic mass is 19.1. The number of aryl methyl sites for hydroxylation is 1. The van der Waals surface area contributed by atoms with Gasteiger partial charge in [-0.3, -0.25) is 4.79 Å². The molecule has 2 N–H and O–H groups in total. The van der Waals surface area contributed by atoms with Crippen LogP contribution in [0.25, 0.3) is 0 Å². The van der Waals surface area contributed by atoms with Gasteiger partial charge in [0.2, 0.25) is 0 Å². The summed E-state index contributed by atoms with van der Waals surface area (Å²) in [6, 6.07) is 7.38. The number of urea groups is 1. The first-order valence-corrected chi connectivity index (χ1v) is 7.59. The standard InChI is InChI=1S/C18H19F2N3O2/c1-11-8-14(5-6-15(11)17(24)23(2)3)22-18(25)21-10-12-9-13(19)4-7-16(12)20/h4-9H,10H2,1-3H3,(H2,21,22,25). The molecule has 0 saturated heterocycles. The Hall–Kier alpha value is -2.96. The maximum Gasteiger partial charge on any atom is 0.319 e. The van der Waals surface area contributed by atoms with Crippen molar-refractivity contribution in [2.45, 2.75) is 13.5 Å². The molecule has 0 aliphatic carbocycles. The normalized spacial score (nSPS) is 10.3. The van der Waals surface area contributed by atoms with E-state index in [4.69, 9.17) is 0 Å². The molecule has 0 atom stereocenters. The van der Waals surface area contributed by atoms with Crippen LogP contribution >= 0.6 is 0 Å². The summed E-state index contributed by atoms with van der Waals surface area (Å²) in [5.74, 6) is -1.30. The van der Waals surface area contributed by atoms with E-state index < -0.39 is 17.7 Å². The molecular weight excluding hydrogens is 328 g/mol. The predicted octanol–water partition coefficient (Wildman–Crippen LogP) is 3.30. The molecule has 7 heteroatoms. The van der Waals surface area contributed by atoms with Gasteiger partial charge in [0, 0.05) is 37.5 Å².